The minimum atomic E-state index is -3.50. The molecule has 2 atom stereocenters. The van der Waals surface area contributed by atoms with Gasteiger partial charge < -0.3 is 5.73 Å². The number of nitrogens with zero attached hydrogens (tertiary/aromatic N) is 1. The highest BCUT2D eigenvalue weighted by molar-refractivity contribution is 7.86. The third-order valence-electron chi connectivity index (χ3n) is 4.57. The number of quaternary nitrogens is 1. The lowest BCUT2D eigenvalue weighted by Crippen LogP contribution is -2.60. The Hall–Kier alpha value is -1.40. The van der Waals surface area contributed by atoms with Crippen LogP contribution in [0.5, 0.6) is 0 Å². The molecule has 0 saturated carbocycles. The molecule has 130 valence electrons. The second-order valence-corrected chi connectivity index (χ2v) is 8.49. The van der Waals surface area contributed by atoms with Crippen molar-refractivity contribution in [3.63, 3.8) is 0 Å². The molecule has 0 radical (unpaired) electrons. The molecule has 3 rings (SSSR count). The predicted octanol–water partition coefficient (Wildman–Crippen LogP) is 2.94. The molecule has 2 aromatic rings. The molecule has 0 aliphatic carbocycles. The first kappa shape index (κ1) is 18.9. The summed E-state index contributed by atoms with van der Waals surface area (Å²) in [7, 11) is -3.50. The number of hydrogen-bond acceptors (Lipinski definition) is 3. The van der Waals surface area contributed by atoms with Gasteiger partial charge in [-0.25, -0.2) is 3.89 Å². The molecule has 0 amide bonds. The molecule has 1 fully saturated rings. The number of likely N-dealkylation sites (tertiary alicyclic amines) is 1. The summed E-state index contributed by atoms with van der Waals surface area (Å²) in [5.74, 6) is 0. The van der Waals surface area contributed by atoms with Crippen molar-refractivity contribution >= 4 is 22.4 Å². The third-order valence-corrected chi connectivity index (χ3v) is 6.92. The molecule has 2 unspecified atom stereocenters. The van der Waals surface area contributed by atoms with Crippen LogP contribution in [0.2, 0.25) is 0 Å². The number of sulfonamides is 1. The molecule has 1 heterocycles. The van der Waals surface area contributed by atoms with E-state index in [1.54, 1.807) is 24.3 Å². The number of halogens is 1. The van der Waals surface area contributed by atoms with Crippen molar-refractivity contribution in [2.24, 2.45) is 5.73 Å². The summed E-state index contributed by atoms with van der Waals surface area (Å²) in [6.07, 6.45) is 1.72. The Labute approximate surface area is 150 Å². The fourth-order valence-electron chi connectivity index (χ4n) is 3.43. The molecular formula is C18H24ClN2O2S+. The van der Waals surface area contributed by atoms with Crippen molar-refractivity contribution in [1.82, 2.24) is 0 Å². The molecule has 1 aliphatic rings. The zero-order valence-corrected chi connectivity index (χ0v) is 15.2. The van der Waals surface area contributed by atoms with Gasteiger partial charge in [0.25, 0.3) is 0 Å². The van der Waals surface area contributed by atoms with Gasteiger partial charge in [-0.3, -0.25) is 0 Å². The normalized spacial score (nSPS) is 24.1. The predicted molar refractivity (Wildman–Crippen MR) is 98.2 cm³/mol. The summed E-state index contributed by atoms with van der Waals surface area (Å²) in [5.41, 5.74) is 7.19. The lowest BCUT2D eigenvalue weighted by atomic mass is 10.1. The monoisotopic (exact) mass is 367 g/mol. The summed E-state index contributed by atoms with van der Waals surface area (Å²) in [6.45, 7) is 1.54. The Morgan fingerprint density at radius 1 is 1.00 bits per heavy atom. The van der Waals surface area contributed by atoms with Crippen LogP contribution in [0.25, 0.3) is 0 Å². The van der Waals surface area contributed by atoms with E-state index in [-0.39, 0.29) is 22.3 Å². The summed E-state index contributed by atoms with van der Waals surface area (Å²) in [6, 6.07) is 18.5. The number of benzene rings is 2. The molecule has 4 nitrogen and oxygen atoms in total. The van der Waals surface area contributed by atoms with Crippen molar-refractivity contribution in [2.45, 2.75) is 30.3 Å². The average molecular weight is 368 g/mol. The van der Waals surface area contributed by atoms with E-state index in [9.17, 15) is 8.42 Å². The molecule has 2 aromatic carbocycles. The first-order valence-corrected chi connectivity index (χ1v) is 9.43. The van der Waals surface area contributed by atoms with Crippen molar-refractivity contribution < 1.29 is 12.3 Å². The largest absolute Gasteiger partial charge is 0.327 e. The van der Waals surface area contributed by atoms with Gasteiger partial charge >= 0.3 is 10.0 Å². The SMILES string of the molecule is Cl.NC1CCC[N+](Cc2ccccc2)(S(=O)(=O)c2ccccc2)C1. The van der Waals surface area contributed by atoms with Gasteiger partial charge in [-0.15, -0.1) is 12.4 Å². The van der Waals surface area contributed by atoms with E-state index in [4.69, 9.17) is 5.73 Å². The zero-order valence-electron chi connectivity index (χ0n) is 13.5. The fraction of sp³-hybridized carbons (Fsp3) is 0.333. The highest BCUT2D eigenvalue weighted by atomic mass is 35.5. The summed E-state index contributed by atoms with van der Waals surface area (Å²) in [5, 5.41) is 0. The summed E-state index contributed by atoms with van der Waals surface area (Å²) < 4.78 is 26.8. The second kappa shape index (κ2) is 7.66. The van der Waals surface area contributed by atoms with Gasteiger partial charge in [-0.05, 0) is 25.0 Å². The number of hydrogen-bond donors (Lipinski definition) is 1. The van der Waals surface area contributed by atoms with Crippen LogP contribution in [0, 0.1) is 0 Å². The van der Waals surface area contributed by atoms with Gasteiger partial charge in [0.05, 0.1) is 12.6 Å². The Morgan fingerprint density at radius 2 is 1.58 bits per heavy atom. The van der Waals surface area contributed by atoms with Crippen molar-refractivity contribution in [3.05, 3.63) is 66.2 Å². The maximum Gasteiger partial charge on any atom is 0.327 e. The van der Waals surface area contributed by atoms with Crippen LogP contribution in [0.3, 0.4) is 0 Å². The maximum absolute atomic E-state index is 13.4. The first-order chi connectivity index (χ1) is 11.0. The van der Waals surface area contributed by atoms with E-state index < -0.39 is 10.0 Å². The van der Waals surface area contributed by atoms with Gasteiger partial charge in [0.15, 0.2) is 0 Å². The van der Waals surface area contributed by atoms with Gasteiger partial charge in [0.2, 0.25) is 0 Å². The van der Waals surface area contributed by atoms with Gasteiger partial charge in [0, 0.05) is 5.56 Å². The van der Waals surface area contributed by atoms with Crippen LogP contribution in [-0.4, -0.2) is 31.4 Å². The highest BCUT2D eigenvalue weighted by Gasteiger charge is 2.46. The molecule has 6 heteroatoms. The van der Waals surface area contributed by atoms with Crippen LogP contribution in [0.1, 0.15) is 18.4 Å². The van der Waals surface area contributed by atoms with Gasteiger partial charge in [0.1, 0.15) is 18.0 Å². The maximum atomic E-state index is 13.4. The highest BCUT2D eigenvalue weighted by Crippen LogP contribution is 2.31. The van der Waals surface area contributed by atoms with Crippen molar-refractivity contribution in [3.8, 4) is 0 Å². The lowest BCUT2D eigenvalue weighted by Gasteiger charge is -2.41. The van der Waals surface area contributed by atoms with E-state index in [0.29, 0.717) is 24.5 Å². The molecule has 2 N–H and O–H groups in total. The molecule has 0 spiro atoms. The number of rotatable bonds is 4. The van der Waals surface area contributed by atoms with E-state index in [1.165, 1.54) is 0 Å². The van der Waals surface area contributed by atoms with Crippen LogP contribution in [-0.2, 0) is 16.6 Å². The standard InChI is InChI=1S/C18H23N2O2S.ClH/c19-17-10-7-13-20(15-17,14-16-8-3-1-4-9-16)23(21,22)18-11-5-2-6-12-18;/h1-6,8-9,11-12,17H,7,10,13-15,19H2;1H/q+1;. The molecule has 1 saturated heterocycles. The minimum absolute atomic E-state index is 0. The molecule has 0 bridgehead atoms. The Kier molecular flexibility index (Phi) is 6.04. The smallest absolute Gasteiger partial charge is 0.323 e. The van der Waals surface area contributed by atoms with E-state index in [0.717, 1.165) is 18.4 Å². The van der Waals surface area contributed by atoms with E-state index >= 15 is 0 Å². The quantitative estimate of drug-likeness (QED) is 0.845. The minimum Gasteiger partial charge on any atom is -0.323 e. The van der Waals surface area contributed by atoms with Crippen molar-refractivity contribution in [1.29, 1.82) is 0 Å². The van der Waals surface area contributed by atoms with Crippen LogP contribution in [0.4, 0.5) is 0 Å². The Morgan fingerprint density at radius 3 is 2.17 bits per heavy atom. The van der Waals surface area contributed by atoms with Crippen LogP contribution >= 0.6 is 12.4 Å². The fourth-order valence-corrected chi connectivity index (χ4v) is 5.46. The Balaban J connectivity index is 0.00000208. The van der Waals surface area contributed by atoms with Gasteiger partial charge in [-0.1, -0.05) is 48.5 Å². The van der Waals surface area contributed by atoms with E-state index in [1.807, 2.05) is 36.4 Å². The number of piperidine rings is 1. The topological polar surface area (TPSA) is 60.2 Å². The van der Waals surface area contributed by atoms with Crippen molar-refractivity contribution in [2.75, 3.05) is 13.1 Å². The van der Waals surface area contributed by atoms with Gasteiger partial charge in [-0.2, -0.15) is 8.42 Å². The number of nitrogens with two attached hydrogens (primary N) is 1. The molecule has 24 heavy (non-hydrogen) atoms. The second-order valence-electron chi connectivity index (χ2n) is 6.30. The lowest BCUT2D eigenvalue weighted by molar-refractivity contribution is -0.826. The first-order valence-electron chi connectivity index (χ1n) is 7.99. The molecule has 0 aromatic heterocycles. The zero-order chi connectivity index (χ0) is 16.3. The molecule has 1 aliphatic heterocycles. The Bertz CT molecular complexity index is 753. The van der Waals surface area contributed by atoms with Crippen LogP contribution in [0.15, 0.2) is 65.6 Å². The van der Waals surface area contributed by atoms with Crippen LogP contribution < -0.4 is 5.73 Å². The third kappa shape index (κ3) is 3.64. The summed E-state index contributed by atoms with van der Waals surface area (Å²) in [4.78, 5) is 0.380. The average Bonchev–Trinajstić information content (AvgIpc) is 2.56. The summed E-state index contributed by atoms with van der Waals surface area (Å²) >= 11 is 0. The molecular weight excluding hydrogens is 344 g/mol. The van der Waals surface area contributed by atoms with E-state index in [2.05, 4.69) is 0 Å².